The first-order valence-corrected chi connectivity index (χ1v) is 10.2. The summed E-state index contributed by atoms with van der Waals surface area (Å²) in [5.41, 5.74) is 2.20. The Morgan fingerprint density at radius 1 is 1.32 bits per heavy atom. The Morgan fingerprint density at radius 2 is 2.14 bits per heavy atom. The van der Waals surface area contributed by atoms with E-state index in [-0.39, 0.29) is 19.1 Å². The standard InChI is InChI=1S/C21H25N3O3S/c1-5-24(12-19-22-21(23-27-19)18-7-6-10-28-18)20(25)13-26-17-11-15(4)8-9-16(17)14(2)3/h6-11,14H,5,12-13H2,1-4H3. The van der Waals surface area contributed by atoms with Crippen molar-refractivity contribution < 1.29 is 14.1 Å². The first kappa shape index (κ1) is 20.1. The summed E-state index contributed by atoms with van der Waals surface area (Å²) in [6.07, 6.45) is 0. The molecule has 0 aliphatic heterocycles. The van der Waals surface area contributed by atoms with Gasteiger partial charge in [0.15, 0.2) is 6.61 Å². The number of aryl methyl sites for hydroxylation is 1. The molecule has 0 aliphatic carbocycles. The van der Waals surface area contributed by atoms with Crippen LogP contribution >= 0.6 is 11.3 Å². The fourth-order valence-corrected chi connectivity index (χ4v) is 3.49. The molecule has 0 aliphatic rings. The molecule has 3 aromatic rings. The van der Waals surface area contributed by atoms with E-state index in [9.17, 15) is 4.79 Å². The summed E-state index contributed by atoms with van der Waals surface area (Å²) in [6, 6.07) is 9.96. The minimum absolute atomic E-state index is 0.0249. The summed E-state index contributed by atoms with van der Waals surface area (Å²) >= 11 is 1.55. The lowest BCUT2D eigenvalue weighted by Crippen LogP contribution is -2.34. The SMILES string of the molecule is CCN(Cc1nc(-c2cccs2)no1)C(=O)COc1cc(C)ccc1C(C)C. The van der Waals surface area contributed by atoms with E-state index in [1.54, 1.807) is 16.2 Å². The van der Waals surface area contributed by atoms with Gasteiger partial charge in [-0.05, 0) is 48.4 Å². The number of benzene rings is 1. The van der Waals surface area contributed by atoms with Crippen molar-refractivity contribution in [2.75, 3.05) is 13.2 Å². The van der Waals surface area contributed by atoms with E-state index in [2.05, 4.69) is 36.1 Å². The molecule has 0 fully saturated rings. The summed E-state index contributed by atoms with van der Waals surface area (Å²) in [7, 11) is 0. The number of ether oxygens (including phenoxy) is 1. The van der Waals surface area contributed by atoms with Gasteiger partial charge in [0.1, 0.15) is 12.3 Å². The van der Waals surface area contributed by atoms with Gasteiger partial charge in [-0.2, -0.15) is 4.98 Å². The highest BCUT2D eigenvalue weighted by atomic mass is 32.1. The quantitative estimate of drug-likeness (QED) is 0.551. The molecular formula is C21H25N3O3S. The normalized spacial score (nSPS) is 11.0. The van der Waals surface area contributed by atoms with E-state index in [1.807, 2.05) is 37.4 Å². The van der Waals surface area contributed by atoms with E-state index < -0.39 is 0 Å². The zero-order chi connectivity index (χ0) is 20.1. The molecule has 7 heteroatoms. The number of nitrogens with zero attached hydrogens (tertiary/aromatic N) is 3. The Balaban J connectivity index is 1.64. The van der Waals surface area contributed by atoms with Crippen molar-refractivity contribution in [2.45, 2.75) is 40.2 Å². The maximum Gasteiger partial charge on any atom is 0.260 e. The molecular weight excluding hydrogens is 374 g/mol. The second kappa shape index (κ2) is 9.01. The molecule has 0 atom stereocenters. The van der Waals surface area contributed by atoms with Crippen LogP contribution in [-0.4, -0.2) is 34.1 Å². The smallest absolute Gasteiger partial charge is 0.260 e. The Hall–Kier alpha value is -2.67. The van der Waals surface area contributed by atoms with Gasteiger partial charge < -0.3 is 14.2 Å². The summed E-state index contributed by atoms with van der Waals surface area (Å²) in [5, 5.41) is 5.95. The Morgan fingerprint density at radius 3 is 2.82 bits per heavy atom. The van der Waals surface area contributed by atoms with Crippen LogP contribution in [0.4, 0.5) is 0 Å². The van der Waals surface area contributed by atoms with Gasteiger partial charge in [0.25, 0.3) is 5.91 Å². The van der Waals surface area contributed by atoms with Gasteiger partial charge in [0.2, 0.25) is 11.7 Å². The molecule has 0 saturated heterocycles. The molecule has 148 valence electrons. The molecule has 0 saturated carbocycles. The highest BCUT2D eigenvalue weighted by Gasteiger charge is 2.18. The fourth-order valence-electron chi connectivity index (χ4n) is 2.84. The van der Waals surface area contributed by atoms with E-state index in [4.69, 9.17) is 9.26 Å². The second-order valence-corrected chi connectivity index (χ2v) is 7.83. The summed E-state index contributed by atoms with van der Waals surface area (Å²) < 4.78 is 11.2. The third-order valence-electron chi connectivity index (χ3n) is 4.41. The van der Waals surface area contributed by atoms with E-state index in [0.29, 0.717) is 24.2 Å². The Bertz CT molecular complexity index is 919. The first-order chi connectivity index (χ1) is 13.5. The fraction of sp³-hybridized carbons (Fsp3) is 0.381. The van der Waals surface area contributed by atoms with Gasteiger partial charge >= 0.3 is 0 Å². The number of rotatable bonds is 8. The molecule has 6 nitrogen and oxygen atoms in total. The van der Waals surface area contributed by atoms with Crippen LogP contribution in [-0.2, 0) is 11.3 Å². The lowest BCUT2D eigenvalue weighted by molar-refractivity contribution is -0.134. The predicted molar refractivity (Wildman–Crippen MR) is 109 cm³/mol. The lowest BCUT2D eigenvalue weighted by atomic mass is 10.0. The molecule has 0 spiro atoms. The second-order valence-electron chi connectivity index (χ2n) is 6.88. The van der Waals surface area contributed by atoms with Crippen LogP contribution in [0, 0.1) is 6.92 Å². The van der Waals surface area contributed by atoms with Crippen molar-refractivity contribution >= 4 is 17.2 Å². The van der Waals surface area contributed by atoms with E-state index in [1.165, 1.54) is 0 Å². The van der Waals surface area contributed by atoms with Crippen LogP contribution in [0.25, 0.3) is 10.7 Å². The zero-order valence-electron chi connectivity index (χ0n) is 16.6. The summed E-state index contributed by atoms with van der Waals surface area (Å²) in [5.74, 6) is 1.93. The maximum absolute atomic E-state index is 12.7. The Kier molecular flexibility index (Phi) is 6.46. The van der Waals surface area contributed by atoms with Gasteiger partial charge in [0, 0.05) is 6.54 Å². The molecule has 0 radical (unpaired) electrons. The number of thiophene rings is 1. The van der Waals surface area contributed by atoms with Crippen molar-refractivity contribution in [1.29, 1.82) is 0 Å². The highest BCUT2D eigenvalue weighted by Crippen LogP contribution is 2.27. The third kappa shape index (κ3) is 4.78. The average Bonchev–Trinajstić information content (AvgIpc) is 3.35. The molecule has 2 aromatic heterocycles. The number of carbonyl (C=O) groups excluding carboxylic acids is 1. The van der Waals surface area contributed by atoms with Crippen molar-refractivity contribution in [2.24, 2.45) is 0 Å². The number of likely N-dealkylation sites (N-methyl/N-ethyl adjacent to an activating group) is 1. The van der Waals surface area contributed by atoms with E-state index in [0.717, 1.165) is 21.8 Å². The topological polar surface area (TPSA) is 68.5 Å². The van der Waals surface area contributed by atoms with Gasteiger partial charge in [-0.25, -0.2) is 0 Å². The van der Waals surface area contributed by atoms with Gasteiger partial charge in [-0.3, -0.25) is 4.79 Å². The molecule has 1 amide bonds. The van der Waals surface area contributed by atoms with Crippen LogP contribution in [0.5, 0.6) is 5.75 Å². The maximum atomic E-state index is 12.7. The first-order valence-electron chi connectivity index (χ1n) is 9.35. The molecule has 0 bridgehead atoms. The van der Waals surface area contributed by atoms with Gasteiger partial charge in [0.05, 0.1) is 4.88 Å². The van der Waals surface area contributed by atoms with Crippen molar-refractivity contribution in [1.82, 2.24) is 15.0 Å². The minimum atomic E-state index is -0.116. The number of amides is 1. The van der Waals surface area contributed by atoms with Crippen LogP contribution in [0.3, 0.4) is 0 Å². The van der Waals surface area contributed by atoms with Crippen LogP contribution < -0.4 is 4.74 Å². The molecule has 1 aromatic carbocycles. The molecule has 28 heavy (non-hydrogen) atoms. The van der Waals surface area contributed by atoms with Crippen molar-refractivity contribution in [3.05, 3.63) is 52.7 Å². The van der Waals surface area contributed by atoms with Crippen LogP contribution in [0.2, 0.25) is 0 Å². The molecule has 0 N–H and O–H groups in total. The number of aromatic nitrogens is 2. The van der Waals surface area contributed by atoms with Gasteiger partial charge in [-0.1, -0.05) is 37.2 Å². The molecule has 0 unspecified atom stereocenters. The number of hydrogen-bond donors (Lipinski definition) is 0. The summed E-state index contributed by atoms with van der Waals surface area (Å²) in [4.78, 5) is 19.6. The molecule has 3 rings (SSSR count). The third-order valence-corrected chi connectivity index (χ3v) is 5.28. The van der Waals surface area contributed by atoms with Crippen LogP contribution in [0.1, 0.15) is 43.7 Å². The Labute approximate surface area is 169 Å². The monoisotopic (exact) mass is 399 g/mol. The number of hydrogen-bond acceptors (Lipinski definition) is 6. The van der Waals surface area contributed by atoms with Crippen molar-refractivity contribution in [3.8, 4) is 16.5 Å². The van der Waals surface area contributed by atoms with Gasteiger partial charge in [-0.15, -0.1) is 11.3 Å². The minimum Gasteiger partial charge on any atom is -0.483 e. The van der Waals surface area contributed by atoms with Crippen molar-refractivity contribution in [3.63, 3.8) is 0 Å². The van der Waals surface area contributed by atoms with Crippen LogP contribution in [0.15, 0.2) is 40.2 Å². The van der Waals surface area contributed by atoms with E-state index >= 15 is 0 Å². The summed E-state index contributed by atoms with van der Waals surface area (Å²) in [6.45, 7) is 8.92. The highest BCUT2D eigenvalue weighted by molar-refractivity contribution is 7.13. The number of carbonyl (C=O) groups is 1. The lowest BCUT2D eigenvalue weighted by Gasteiger charge is -2.20. The average molecular weight is 400 g/mol. The molecule has 2 heterocycles. The predicted octanol–water partition coefficient (Wildman–Crippen LogP) is 4.66. The zero-order valence-corrected chi connectivity index (χ0v) is 17.5. The largest absolute Gasteiger partial charge is 0.483 e.